The molecule has 3 heteroatoms. The molecule has 0 fully saturated rings. The summed E-state index contributed by atoms with van der Waals surface area (Å²) in [5, 5.41) is 0. The van der Waals surface area contributed by atoms with E-state index >= 15 is 0 Å². The molecule has 1 unspecified atom stereocenters. The molecule has 0 heterocycles. The molecule has 0 aromatic heterocycles. The van der Waals surface area contributed by atoms with E-state index in [0.717, 1.165) is 5.56 Å². The highest BCUT2D eigenvalue weighted by atomic mass is 16.5. The fraction of sp³-hybridized carbons (Fsp3) is 0.500. The predicted octanol–water partition coefficient (Wildman–Crippen LogP) is 2.16. The summed E-state index contributed by atoms with van der Waals surface area (Å²) in [4.78, 5) is 11.8. The molecule has 0 aliphatic rings. The van der Waals surface area contributed by atoms with Crippen LogP contribution < -0.4 is 5.73 Å². The largest absolute Gasteiger partial charge is 0.468 e. The summed E-state index contributed by atoms with van der Waals surface area (Å²) < 4.78 is 4.78. The molecule has 0 aliphatic carbocycles. The summed E-state index contributed by atoms with van der Waals surface area (Å²) in [5.41, 5.74) is 6.80. The van der Waals surface area contributed by atoms with E-state index < -0.39 is 16.9 Å². The topological polar surface area (TPSA) is 52.3 Å². The maximum absolute atomic E-state index is 11.8. The van der Waals surface area contributed by atoms with Crippen molar-refractivity contribution < 1.29 is 9.53 Å². The number of benzene rings is 1. The molecule has 0 bridgehead atoms. The van der Waals surface area contributed by atoms with Crippen LogP contribution in [0.15, 0.2) is 24.3 Å². The number of rotatable bonds is 3. The number of carbonyl (C=O) groups excluding carboxylic acids is 1. The second-order valence-corrected chi connectivity index (χ2v) is 5.18. The van der Waals surface area contributed by atoms with Gasteiger partial charge in [-0.1, -0.05) is 43.7 Å². The van der Waals surface area contributed by atoms with Crippen LogP contribution in [0, 0.1) is 6.92 Å². The molecule has 0 spiro atoms. The van der Waals surface area contributed by atoms with Crippen molar-refractivity contribution in [3.05, 3.63) is 35.4 Å². The molecule has 0 saturated heterocycles. The van der Waals surface area contributed by atoms with Gasteiger partial charge in [-0.25, -0.2) is 0 Å². The van der Waals surface area contributed by atoms with Crippen LogP contribution in [0.5, 0.6) is 0 Å². The summed E-state index contributed by atoms with van der Waals surface area (Å²) >= 11 is 0. The fourth-order valence-corrected chi connectivity index (χ4v) is 1.74. The van der Waals surface area contributed by atoms with Gasteiger partial charge in [-0.05, 0) is 19.4 Å². The lowest BCUT2D eigenvalue weighted by Crippen LogP contribution is -2.59. The molecule has 0 aliphatic heterocycles. The first kappa shape index (κ1) is 13.7. The number of aryl methyl sites for hydroxylation is 1. The van der Waals surface area contributed by atoms with Crippen LogP contribution in [0.4, 0.5) is 0 Å². The quantitative estimate of drug-likeness (QED) is 0.817. The van der Waals surface area contributed by atoms with Gasteiger partial charge in [-0.15, -0.1) is 0 Å². The average molecular weight is 235 g/mol. The lowest BCUT2D eigenvalue weighted by molar-refractivity contribution is -0.148. The molecular weight excluding hydrogens is 214 g/mol. The molecule has 1 rings (SSSR count). The maximum atomic E-state index is 11.8. The Morgan fingerprint density at radius 2 is 1.65 bits per heavy atom. The molecule has 0 saturated carbocycles. The minimum absolute atomic E-state index is 0.400. The second-order valence-electron chi connectivity index (χ2n) is 5.18. The van der Waals surface area contributed by atoms with Crippen molar-refractivity contribution in [1.29, 1.82) is 0 Å². The van der Waals surface area contributed by atoms with Crippen molar-refractivity contribution in [1.82, 2.24) is 0 Å². The minimum Gasteiger partial charge on any atom is -0.468 e. The first-order valence-corrected chi connectivity index (χ1v) is 5.68. The monoisotopic (exact) mass is 235 g/mol. The summed E-state index contributed by atoms with van der Waals surface area (Å²) in [5.74, 6) is -0.400. The van der Waals surface area contributed by atoms with E-state index in [1.165, 1.54) is 12.7 Å². The second kappa shape index (κ2) is 4.49. The van der Waals surface area contributed by atoms with E-state index in [0.29, 0.717) is 0 Å². The molecule has 0 radical (unpaired) electrons. The maximum Gasteiger partial charge on any atom is 0.326 e. The van der Waals surface area contributed by atoms with Gasteiger partial charge in [-0.3, -0.25) is 4.79 Å². The van der Waals surface area contributed by atoms with Crippen LogP contribution in [0.1, 0.15) is 31.9 Å². The first-order chi connectivity index (χ1) is 7.73. The highest BCUT2D eigenvalue weighted by molar-refractivity contribution is 5.82. The molecule has 1 atom stereocenters. The summed E-state index contributed by atoms with van der Waals surface area (Å²) in [6.07, 6.45) is 0. The zero-order valence-corrected chi connectivity index (χ0v) is 11.2. The van der Waals surface area contributed by atoms with Gasteiger partial charge in [0, 0.05) is 5.41 Å². The van der Waals surface area contributed by atoms with Crippen molar-refractivity contribution in [2.75, 3.05) is 7.11 Å². The van der Waals surface area contributed by atoms with Crippen molar-refractivity contribution >= 4 is 5.97 Å². The van der Waals surface area contributed by atoms with Gasteiger partial charge in [0.1, 0.15) is 5.54 Å². The summed E-state index contributed by atoms with van der Waals surface area (Å²) in [6.45, 7) is 7.64. The Balaban J connectivity index is 3.18. The summed E-state index contributed by atoms with van der Waals surface area (Å²) in [6, 6.07) is 8.04. The Morgan fingerprint density at radius 3 is 2.06 bits per heavy atom. The van der Waals surface area contributed by atoms with Gasteiger partial charge < -0.3 is 10.5 Å². The molecule has 17 heavy (non-hydrogen) atoms. The SMILES string of the molecule is COC(=O)C(C)(N)C(C)(C)c1ccc(C)cc1. The van der Waals surface area contributed by atoms with Gasteiger partial charge in [0.15, 0.2) is 0 Å². The van der Waals surface area contributed by atoms with Gasteiger partial charge >= 0.3 is 5.97 Å². The standard InChI is InChI=1S/C14H21NO2/c1-10-6-8-11(9-7-10)13(2,3)14(4,15)12(16)17-5/h6-9H,15H2,1-5H3. The van der Waals surface area contributed by atoms with Crippen LogP contribution in [-0.4, -0.2) is 18.6 Å². The number of carbonyl (C=O) groups is 1. The summed E-state index contributed by atoms with van der Waals surface area (Å²) in [7, 11) is 1.36. The fourth-order valence-electron chi connectivity index (χ4n) is 1.74. The molecule has 1 aromatic carbocycles. The average Bonchev–Trinajstić information content (AvgIpc) is 2.28. The van der Waals surface area contributed by atoms with E-state index in [4.69, 9.17) is 10.5 Å². The third-order valence-electron chi connectivity index (χ3n) is 3.68. The van der Waals surface area contributed by atoms with Crippen LogP contribution in [0.2, 0.25) is 0 Å². The smallest absolute Gasteiger partial charge is 0.326 e. The lowest BCUT2D eigenvalue weighted by Gasteiger charge is -2.39. The number of nitrogens with two attached hydrogens (primary N) is 1. The molecule has 94 valence electrons. The Hall–Kier alpha value is -1.35. The Labute approximate surface area is 103 Å². The number of ether oxygens (including phenoxy) is 1. The lowest BCUT2D eigenvalue weighted by atomic mass is 9.69. The Morgan fingerprint density at radius 1 is 1.18 bits per heavy atom. The van der Waals surface area contributed by atoms with Crippen molar-refractivity contribution in [2.45, 2.75) is 38.6 Å². The van der Waals surface area contributed by atoms with Gasteiger partial charge in [0.2, 0.25) is 0 Å². The van der Waals surface area contributed by atoms with Crippen LogP contribution in [0.25, 0.3) is 0 Å². The normalized spacial score (nSPS) is 15.2. The van der Waals surface area contributed by atoms with Crippen molar-refractivity contribution in [3.8, 4) is 0 Å². The van der Waals surface area contributed by atoms with Crippen molar-refractivity contribution in [2.24, 2.45) is 5.73 Å². The molecule has 2 N–H and O–H groups in total. The van der Waals surface area contributed by atoms with Gasteiger partial charge in [0.25, 0.3) is 0 Å². The molecule has 0 amide bonds. The van der Waals surface area contributed by atoms with Gasteiger partial charge in [0.05, 0.1) is 7.11 Å². The van der Waals surface area contributed by atoms with Crippen LogP contribution >= 0.6 is 0 Å². The van der Waals surface area contributed by atoms with E-state index in [-0.39, 0.29) is 0 Å². The molecule has 1 aromatic rings. The van der Waals surface area contributed by atoms with E-state index in [9.17, 15) is 4.79 Å². The Bertz CT molecular complexity index is 405. The third kappa shape index (κ3) is 2.34. The number of hydrogen-bond donors (Lipinski definition) is 1. The number of hydrogen-bond acceptors (Lipinski definition) is 3. The number of esters is 1. The zero-order chi connectivity index (χ0) is 13.3. The van der Waals surface area contributed by atoms with Crippen molar-refractivity contribution in [3.63, 3.8) is 0 Å². The van der Waals surface area contributed by atoms with E-state index in [1.54, 1.807) is 6.92 Å². The van der Waals surface area contributed by atoms with E-state index in [1.807, 2.05) is 45.0 Å². The first-order valence-electron chi connectivity index (χ1n) is 5.68. The minimum atomic E-state index is -1.06. The van der Waals surface area contributed by atoms with Gasteiger partial charge in [-0.2, -0.15) is 0 Å². The third-order valence-corrected chi connectivity index (χ3v) is 3.68. The molecule has 3 nitrogen and oxygen atoms in total. The van der Waals surface area contributed by atoms with Crippen LogP contribution in [0.3, 0.4) is 0 Å². The van der Waals surface area contributed by atoms with E-state index in [2.05, 4.69) is 0 Å². The highest BCUT2D eigenvalue weighted by Gasteiger charge is 2.46. The van der Waals surface area contributed by atoms with Crippen LogP contribution in [-0.2, 0) is 14.9 Å². The number of methoxy groups -OCH3 is 1. The zero-order valence-electron chi connectivity index (χ0n) is 11.2. The highest BCUT2D eigenvalue weighted by Crippen LogP contribution is 2.34. The predicted molar refractivity (Wildman–Crippen MR) is 68.8 cm³/mol. The molecular formula is C14H21NO2. The Kier molecular flexibility index (Phi) is 3.62.